The number of allylic oxidation sites excluding steroid dienone is 1. The van der Waals surface area contributed by atoms with Gasteiger partial charge in [0, 0.05) is 0 Å². The van der Waals surface area contributed by atoms with Gasteiger partial charge in [0.2, 0.25) is 0 Å². The lowest BCUT2D eigenvalue weighted by Crippen LogP contribution is -1.80. The molecule has 1 aromatic heterocycles. The van der Waals surface area contributed by atoms with Crippen LogP contribution in [0.3, 0.4) is 0 Å². The first-order valence-corrected chi connectivity index (χ1v) is 4.52. The van der Waals surface area contributed by atoms with Gasteiger partial charge in [-0.05, 0) is 26.6 Å². The third-order valence-corrected chi connectivity index (χ3v) is 2.61. The molecule has 0 aromatic carbocycles. The Morgan fingerprint density at radius 1 is 1.67 bits per heavy atom. The predicted molar refractivity (Wildman–Crippen MR) is 60.3 cm³/mol. The van der Waals surface area contributed by atoms with Crippen LogP contribution in [0.15, 0.2) is 11.1 Å². The third-order valence-electron chi connectivity index (χ3n) is 1.46. The Morgan fingerprint density at radius 2 is 2.33 bits per heavy atom. The summed E-state index contributed by atoms with van der Waals surface area (Å²) in [5.41, 5.74) is 0.874. The van der Waals surface area contributed by atoms with E-state index in [1.807, 2.05) is 28.8 Å². The first-order valence-electron chi connectivity index (χ1n) is 3.55. The van der Waals surface area contributed by atoms with Crippen molar-refractivity contribution in [3.63, 3.8) is 0 Å². The van der Waals surface area contributed by atoms with Gasteiger partial charge in [-0.15, -0.1) is 0 Å². The van der Waals surface area contributed by atoms with Crippen molar-refractivity contribution in [1.29, 1.82) is 0 Å². The Labute approximate surface area is 85.7 Å². The Bertz CT molecular complexity index is 325. The first-order chi connectivity index (χ1) is 5.70. The van der Waals surface area contributed by atoms with Crippen LogP contribution in [0, 0.1) is 6.92 Å². The molecular formula is C8H10IN3. The minimum Gasteiger partial charge on any atom is -0.252 e. The molecule has 0 bridgehead atoms. The Kier molecular flexibility index (Phi) is 3.02. The molecule has 64 valence electrons. The fourth-order valence-electron chi connectivity index (χ4n) is 0.935. The molecule has 12 heavy (non-hydrogen) atoms. The molecule has 3 nitrogen and oxygen atoms in total. The molecule has 1 heterocycles. The lowest BCUT2D eigenvalue weighted by molar-refractivity contribution is 1.12. The number of hydrogen-bond donors (Lipinski definition) is 0. The molecule has 0 aliphatic rings. The second kappa shape index (κ2) is 3.84. The largest absolute Gasteiger partial charge is 0.252 e. The smallest absolute Gasteiger partial charge is 0.168 e. The van der Waals surface area contributed by atoms with Crippen LogP contribution in [0.1, 0.15) is 18.4 Å². The summed E-state index contributed by atoms with van der Waals surface area (Å²) in [6.07, 6.45) is 3.86. The summed E-state index contributed by atoms with van der Waals surface area (Å²) in [7, 11) is 0. The van der Waals surface area contributed by atoms with Crippen molar-refractivity contribution in [2.75, 3.05) is 0 Å². The van der Waals surface area contributed by atoms with Crippen LogP contribution >= 0.6 is 22.9 Å². The molecule has 0 radical (unpaired) electrons. The highest BCUT2D eigenvalue weighted by Gasteiger charge is 2.07. The maximum Gasteiger partial charge on any atom is 0.168 e. The normalized spacial score (nSPS) is 10.9. The number of nitrogens with zero attached hydrogens (tertiary/aromatic N) is 3. The van der Waals surface area contributed by atoms with Gasteiger partial charge in [0.25, 0.3) is 0 Å². The average Bonchev–Trinajstić information content (AvgIpc) is 2.29. The van der Waals surface area contributed by atoms with Crippen LogP contribution in [0.5, 0.6) is 0 Å². The molecule has 0 N–H and O–H groups in total. The van der Waals surface area contributed by atoms with Crippen molar-refractivity contribution in [3.05, 3.63) is 17.6 Å². The first kappa shape index (κ1) is 9.44. The van der Waals surface area contributed by atoms with Crippen LogP contribution in [-0.4, -0.2) is 14.5 Å². The molecule has 0 aliphatic heterocycles. The van der Waals surface area contributed by atoms with Crippen molar-refractivity contribution in [2.45, 2.75) is 13.8 Å². The van der Waals surface area contributed by atoms with E-state index in [-0.39, 0.29) is 0 Å². The van der Waals surface area contributed by atoms with Crippen molar-refractivity contribution in [2.24, 2.45) is 4.99 Å². The topological polar surface area (TPSA) is 30.2 Å². The van der Waals surface area contributed by atoms with Crippen molar-refractivity contribution < 1.29 is 0 Å². The summed E-state index contributed by atoms with van der Waals surface area (Å²) >= 11 is 2.15. The number of aliphatic imine (C=N–C) groups is 1. The highest BCUT2D eigenvalue weighted by atomic mass is 127. The maximum absolute atomic E-state index is 4.31. The van der Waals surface area contributed by atoms with Gasteiger partial charge in [0.15, 0.2) is 5.82 Å². The summed E-state index contributed by atoms with van der Waals surface area (Å²) in [4.78, 5) is 8.21. The fraction of sp³-hybridized carbons (Fsp3) is 0.250. The minimum absolute atomic E-state index is 0.811. The van der Waals surface area contributed by atoms with E-state index in [1.54, 1.807) is 0 Å². The van der Waals surface area contributed by atoms with E-state index in [2.05, 4.69) is 39.6 Å². The van der Waals surface area contributed by atoms with Gasteiger partial charge in [0.1, 0.15) is 11.5 Å². The van der Waals surface area contributed by atoms with Gasteiger partial charge in [-0.25, -0.2) is 9.98 Å². The average molecular weight is 275 g/mol. The highest BCUT2D eigenvalue weighted by molar-refractivity contribution is 14.1. The number of aryl methyl sites for hydroxylation is 1. The van der Waals surface area contributed by atoms with Gasteiger partial charge >= 0.3 is 0 Å². The quantitative estimate of drug-likeness (QED) is 0.603. The Balaban J connectivity index is 3.28. The molecular weight excluding hydrogens is 265 g/mol. The lowest BCUT2D eigenvalue weighted by atomic mass is 10.4. The molecule has 0 aliphatic carbocycles. The van der Waals surface area contributed by atoms with Gasteiger partial charge in [-0.3, -0.25) is 2.78 Å². The summed E-state index contributed by atoms with van der Waals surface area (Å²) in [5.74, 6) is 1.75. The van der Waals surface area contributed by atoms with E-state index < -0.39 is 0 Å². The summed E-state index contributed by atoms with van der Waals surface area (Å²) in [6, 6.07) is 0. The van der Waals surface area contributed by atoms with Gasteiger partial charge in [0.05, 0.1) is 22.9 Å². The Morgan fingerprint density at radius 3 is 2.83 bits per heavy atom. The Hall–Kier alpha value is -0.650. The number of hydrogen-bond acceptors (Lipinski definition) is 2. The molecule has 0 fully saturated rings. The summed E-state index contributed by atoms with van der Waals surface area (Å²) < 4.78 is 1.89. The van der Waals surface area contributed by atoms with E-state index in [0.29, 0.717) is 0 Å². The highest BCUT2D eigenvalue weighted by Crippen LogP contribution is 2.23. The monoisotopic (exact) mass is 275 g/mol. The van der Waals surface area contributed by atoms with E-state index in [9.17, 15) is 0 Å². The van der Waals surface area contributed by atoms with E-state index in [0.717, 1.165) is 17.3 Å². The van der Waals surface area contributed by atoms with Crippen molar-refractivity contribution >= 4 is 41.5 Å². The zero-order valence-corrected chi connectivity index (χ0v) is 9.24. The van der Waals surface area contributed by atoms with Crippen LogP contribution in [-0.2, 0) is 0 Å². The molecule has 0 amide bonds. The van der Waals surface area contributed by atoms with E-state index in [1.165, 1.54) is 0 Å². The minimum atomic E-state index is 0.811. The molecule has 0 spiro atoms. The number of aromatic nitrogens is 2. The van der Waals surface area contributed by atoms with Gasteiger partial charge < -0.3 is 0 Å². The second-order valence-electron chi connectivity index (χ2n) is 2.31. The molecule has 0 saturated carbocycles. The second-order valence-corrected chi connectivity index (χ2v) is 3.27. The predicted octanol–water partition coefficient (Wildman–Crippen LogP) is 2.75. The molecule has 0 atom stereocenters. The zero-order chi connectivity index (χ0) is 9.14. The maximum atomic E-state index is 4.31. The number of rotatable bonds is 2. The van der Waals surface area contributed by atoms with Crippen LogP contribution in [0.25, 0.3) is 6.08 Å². The summed E-state index contributed by atoms with van der Waals surface area (Å²) in [5, 5.41) is 0. The van der Waals surface area contributed by atoms with Crippen LogP contribution in [0.4, 0.5) is 5.82 Å². The van der Waals surface area contributed by atoms with E-state index in [4.69, 9.17) is 0 Å². The third kappa shape index (κ3) is 1.57. The van der Waals surface area contributed by atoms with Gasteiger partial charge in [-0.2, -0.15) is 0 Å². The molecule has 0 unspecified atom stereocenters. The van der Waals surface area contributed by atoms with Crippen LogP contribution < -0.4 is 0 Å². The molecule has 4 heteroatoms. The molecule has 0 saturated heterocycles. The number of imidazole rings is 1. The standard InChI is InChI=1S/C8H10IN3/c1-4-5-7-8(10-3)12(9)6(2)11-7/h4-5H,3H2,1-2H3/b5-4-. The number of halogens is 1. The molecule has 1 aromatic rings. The molecule has 1 rings (SSSR count). The SMILES string of the molecule is C=Nc1c(/C=C\C)nc(C)n1I. The van der Waals surface area contributed by atoms with Crippen molar-refractivity contribution in [1.82, 2.24) is 7.76 Å². The zero-order valence-electron chi connectivity index (χ0n) is 7.08. The fourth-order valence-corrected chi connectivity index (χ4v) is 1.44. The van der Waals surface area contributed by atoms with E-state index >= 15 is 0 Å². The van der Waals surface area contributed by atoms with Crippen molar-refractivity contribution in [3.8, 4) is 0 Å². The summed E-state index contributed by atoms with van der Waals surface area (Å²) in [6.45, 7) is 7.39. The lowest BCUT2D eigenvalue weighted by Gasteiger charge is -1.93. The van der Waals surface area contributed by atoms with Gasteiger partial charge in [-0.1, -0.05) is 6.08 Å². The van der Waals surface area contributed by atoms with Crippen LogP contribution in [0.2, 0.25) is 0 Å².